The molecule has 1 aliphatic heterocycles. The van der Waals surface area contributed by atoms with Gasteiger partial charge in [-0.15, -0.1) is 0 Å². The zero-order valence-electron chi connectivity index (χ0n) is 18.3. The standard InChI is InChI=1S/C23H31F3N2O3/c1-22(2,3)31-21(30)27-12-9-16(10-13-27)11-14-28(20(29)23(24,25)26)19-15-18(19)17-7-5-4-6-8-17/h4-8,16,18-19H,9-15H2,1-3H3/t18-,19+/m1/s1. The summed E-state index contributed by atoms with van der Waals surface area (Å²) in [6, 6.07) is 8.97. The first-order valence-electron chi connectivity index (χ1n) is 10.9. The van der Waals surface area contributed by atoms with Gasteiger partial charge in [-0.05, 0) is 57.9 Å². The Morgan fingerprint density at radius 2 is 1.71 bits per heavy atom. The number of likely N-dealkylation sites (tertiary alicyclic amines) is 1. The number of piperidine rings is 1. The number of alkyl halides is 3. The summed E-state index contributed by atoms with van der Waals surface area (Å²) in [5.74, 6) is -1.61. The van der Waals surface area contributed by atoms with E-state index in [0.717, 1.165) is 10.5 Å². The SMILES string of the molecule is CC(C)(C)OC(=O)N1CCC(CCN(C(=O)C(F)(F)F)[C@H]2C[C@@H]2c2ccccc2)CC1. The van der Waals surface area contributed by atoms with Crippen molar-refractivity contribution < 1.29 is 27.5 Å². The molecule has 31 heavy (non-hydrogen) atoms. The Hall–Kier alpha value is -2.25. The first-order chi connectivity index (χ1) is 14.5. The number of rotatable bonds is 5. The summed E-state index contributed by atoms with van der Waals surface area (Å²) in [5.41, 5.74) is 0.407. The molecule has 3 rings (SSSR count). The van der Waals surface area contributed by atoms with E-state index in [4.69, 9.17) is 4.74 Å². The molecule has 0 bridgehead atoms. The quantitative estimate of drug-likeness (QED) is 0.650. The molecule has 2 fully saturated rings. The van der Waals surface area contributed by atoms with E-state index in [-0.39, 0.29) is 24.5 Å². The topological polar surface area (TPSA) is 49.9 Å². The molecule has 0 unspecified atom stereocenters. The molecule has 8 heteroatoms. The minimum Gasteiger partial charge on any atom is -0.444 e. The predicted molar refractivity (Wildman–Crippen MR) is 111 cm³/mol. The first kappa shape index (κ1) is 23.4. The Kier molecular flexibility index (Phi) is 6.86. The second-order valence-corrected chi connectivity index (χ2v) is 9.52. The van der Waals surface area contributed by atoms with Gasteiger partial charge < -0.3 is 14.5 Å². The van der Waals surface area contributed by atoms with Crippen LogP contribution in [0.4, 0.5) is 18.0 Å². The molecule has 172 valence electrons. The van der Waals surface area contributed by atoms with Crippen molar-refractivity contribution in [2.45, 2.75) is 70.2 Å². The average molecular weight is 441 g/mol. The summed E-state index contributed by atoms with van der Waals surface area (Å²) in [6.07, 6.45) is -2.78. The van der Waals surface area contributed by atoms with Crippen molar-refractivity contribution in [3.05, 3.63) is 35.9 Å². The van der Waals surface area contributed by atoms with E-state index in [1.165, 1.54) is 0 Å². The summed E-state index contributed by atoms with van der Waals surface area (Å²) in [7, 11) is 0. The Labute approximate surface area is 181 Å². The molecule has 0 radical (unpaired) electrons. The zero-order valence-corrected chi connectivity index (χ0v) is 18.3. The minimum atomic E-state index is -4.87. The van der Waals surface area contributed by atoms with Crippen LogP contribution in [0.1, 0.15) is 57.9 Å². The van der Waals surface area contributed by atoms with E-state index < -0.39 is 23.7 Å². The van der Waals surface area contributed by atoms with Crippen molar-refractivity contribution in [3.63, 3.8) is 0 Å². The number of halogens is 3. The molecule has 0 aromatic heterocycles. The normalized spacial score (nSPS) is 22.2. The molecule has 1 heterocycles. The summed E-state index contributed by atoms with van der Waals surface area (Å²) >= 11 is 0. The summed E-state index contributed by atoms with van der Waals surface area (Å²) < 4.78 is 45.0. The van der Waals surface area contributed by atoms with Crippen LogP contribution in [-0.4, -0.2) is 59.3 Å². The first-order valence-corrected chi connectivity index (χ1v) is 10.9. The highest BCUT2D eigenvalue weighted by Gasteiger charge is 2.51. The highest BCUT2D eigenvalue weighted by Crippen LogP contribution is 2.46. The van der Waals surface area contributed by atoms with Crippen molar-refractivity contribution in [2.75, 3.05) is 19.6 Å². The van der Waals surface area contributed by atoms with Gasteiger partial charge in [0, 0.05) is 31.6 Å². The lowest BCUT2D eigenvalue weighted by Gasteiger charge is -2.34. The third kappa shape index (κ3) is 6.37. The summed E-state index contributed by atoms with van der Waals surface area (Å²) in [5, 5.41) is 0. The van der Waals surface area contributed by atoms with Gasteiger partial charge in [0.25, 0.3) is 0 Å². The third-order valence-electron chi connectivity index (χ3n) is 5.93. The molecular weight excluding hydrogens is 409 g/mol. The zero-order chi connectivity index (χ0) is 22.8. The molecule has 1 saturated carbocycles. The van der Waals surface area contributed by atoms with Crippen LogP contribution in [-0.2, 0) is 9.53 Å². The number of carbonyl (C=O) groups is 2. The van der Waals surface area contributed by atoms with Crippen LogP contribution in [0, 0.1) is 5.92 Å². The van der Waals surface area contributed by atoms with Crippen LogP contribution in [0.5, 0.6) is 0 Å². The van der Waals surface area contributed by atoms with Crippen molar-refractivity contribution in [2.24, 2.45) is 5.92 Å². The van der Waals surface area contributed by atoms with Crippen molar-refractivity contribution in [1.82, 2.24) is 9.80 Å². The maximum atomic E-state index is 13.2. The predicted octanol–water partition coefficient (Wildman–Crippen LogP) is 4.97. The van der Waals surface area contributed by atoms with E-state index in [0.29, 0.717) is 38.8 Å². The molecule has 2 amide bonds. The van der Waals surface area contributed by atoms with E-state index >= 15 is 0 Å². The molecule has 5 nitrogen and oxygen atoms in total. The number of amides is 2. The Morgan fingerprint density at radius 3 is 2.26 bits per heavy atom. The van der Waals surface area contributed by atoms with Gasteiger partial charge >= 0.3 is 18.2 Å². The van der Waals surface area contributed by atoms with Gasteiger partial charge in [-0.1, -0.05) is 30.3 Å². The smallest absolute Gasteiger partial charge is 0.444 e. The van der Waals surface area contributed by atoms with E-state index in [1.807, 2.05) is 51.1 Å². The molecule has 1 aromatic carbocycles. The second-order valence-electron chi connectivity index (χ2n) is 9.52. The number of hydrogen-bond donors (Lipinski definition) is 0. The number of benzene rings is 1. The fourth-order valence-electron chi connectivity index (χ4n) is 4.22. The molecule has 1 aromatic rings. The van der Waals surface area contributed by atoms with Crippen LogP contribution in [0.3, 0.4) is 0 Å². The average Bonchev–Trinajstić information content (AvgIpc) is 3.48. The fraction of sp³-hybridized carbons (Fsp3) is 0.652. The van der Waals surface area contributed by atoms with Gasteiger partial charge in [0.15, 0.2) is 0 Å². The lowest BCUT2D eigenvalue weighted by molar-refractivity contribution is -0.186. The number of ether oxygens (including phenoxy) is 1. The summed E-state index contributed by atoms with van der Waals surface area (Å²) in [6.45, 7) is 6.55. The minimum absolute atomic E-state index is 0.0403. The molecule has 0 N–H and O–H groups in total. The van der Waals surface area contributed by atoms with Gasteiger partial charge in [-0.2, -0.15) is 13.2 Å². The van der Waals surface area contributed by atoms with Gasteiger partial charge in [0.05, 0.1) is 0 Å². The second kappa shape index (κ2) is 9.09. The van der Waals surface area contributed by atoms with E-state index in [1.54, 1.807) is 4.90 Å². The van der Waals surface area contributed by atoms with Crippen molar-refractivity contribution in [1.29, 1.82) is 0 Å². The molecular formula is C23H31F3N2O3. The number of nitrogens with zero attached hydrogens (tertiary/aromatic N) is 2. The van der Waals surface area contributed by atoms with Gasteiger partial charge in [0.1, 0.15) is 5.60 Å². The number of carbonyl (C=O) groups excluding carboxylic acids is 2. The largest absolute Gasteiger partial charge is 0.471 e. The van der Waals surface area contributed by atoms with Gasteiger partial charge in [-0.25, -0.2) is 4.79 Å². The Bertz CT molecular complexity index is 769. The molecule has 1 aliphatic carbocycles. The van der Waals surface area contributed by atoms with Crippen LogP contribution >= 0.6 is 0 Å². The summed E-state index contributed by atoms with van der Waals surface area (Å²) in [4.78, 5) is 27.0. The lowest BCUT2D eigenvalue weighted by atomic mass is 9.93. The fourth-order valence-corrected chi connectivity index (χ4v) is 4.22. The maximum absolute atomic E-state index is 13.2. The molecule has 2 atom stereocenters. The third-order valence-corrected chi connectivity index (χ3v) is 5.93. The molecule has 1 saturated heterocycles. The van der Waals surface area contributed by atoms with Crippen LogP contribution in [0.25, 0.3) is 0 Å². The number of hydrogen-bond acceptors (Lipinski definition) is 3. The Balaban J connectivity index is 1.55. The lowest BCUT2D eigenvalue weighted by Crippen LogP contribution is -2.45. The van der Waals surface area contributed by atoms with Crippen LogP contribution in [0.2, 0.25) is 0 Å². The maximum Gasteiger partial charge on any atom is 0.471 e. The molecule has 2 aliphatic rings. The van der Waals surface area contributed by atoms with Crippen molar-refractivity contribution >= 4 is 12.0 Å². The highest BCUT2D eigenvalue weighted by atomic mass is 19.4. The van der Waals surface area contributed by atoms with Crippen LogP contribution in [0.15, 0.2) is 30.3 Å². The van der Waals surface area contributed by atoms with Gasteiger partial charge in [0.2, 0.25) is 0 Å². The van der Waals surface area contributed by atoms with Crippen LogP contribution < -0.4 is 0 Å². The van der Waals surface area contributed by atoms with Gasteiger partial charge in [-0.3, -0.25) is 4.79 Å². The molecule has 0 spiro atoms. The highest BCUT2D eigenvalue weighted by molar-refractivity contribution is 5.82. The Morgan fingerprint density at radius 1 is 1.10 bits per heavy atom. The van der Waals surface area contributed by atoms with E-state index in [9.17, 15) is 22.8 Å². The monoisotopic (exact) mass is 440 g/mol. The van der Waals surface area contributed by atoms with E-state index in [2.05, 4.69) is 0 Å². The van der Waals surface area contributed by atoms with Crippen molar-refractivity contribution in [3.8, 4) is 0 Å².